The van der Waals surface area contributed by atoms with E-state index in [9.17, 15) is 14.0 Å². The van der Waals surface area contributed by atoms with Gasteiger partial charge in [-0.05, 0) is 61.0 Å². The maximum Gasteiger partial charge on any atom is 0.255 e. The van der Waals surface area contributed by atoms with Crippen LogP contribution in [0.2, 0.25) is 5.02 Å². The Morgan fingerprint density at radius 2 is 1.81 bits per heavy atom. The van der Waals surface area contributed by atoms with Crippen molar-refractivity contribution in [3.8, 4) is 5.75 Å². The van der Waals surface area contributed by atoms with Crippen molar-refractivity contribution in [2.24, 2.45) is 0 Å². The van der Waals surface area contributed by atoms with Gasteiger partial charge in [-0.3, -0.25) is 9.59 Å². The molecule has 3 aromatic carbocycles. The summed E-state index contributed by atoms with van der Waals surface area (Å²) in [6, 6.07) is 15.9. The predicted molar refractivity (Wildman–Crippen MR) is 123 cm³/mol. The SMILES string of the molecule is COc1cc(Cl)c(C)cc1NC(=O)CSc1cccc(NC(=O)c2ccc(F)cc2)c1. The third kappa shape index (κ3) is 6.23. The zero-order valence-electron chi connectivity index (χ0n) is 16.9. The number of hydrogen-bond acceptors (Lipinski definition) is 4. The molecule has 5 nitrogen and oxygen atoms in total. The molecule has 2 N–H and O–H groups in total. The Kier molecular flexibility index (Phi) is 7.55. The highest BCUT2D eigenvalue weighted by atomic mass is 35.5. The summed E-state index contributed by atoms with van der Waals surface area (Å²) >= 11 is 7.42. The number of amides is 2. The molecule has 31 heavy (non-hydrogen) atoms. The molecule has 160 valence electrons. The first-order valence-corrected chi connectivity index (χ1v) is 10.7. The Balaban J connectivity index is 1.60. The number of methoxy groups -OCH3 is 1. The molecule has 0 spiro atoms. The number of rotatable bonds is 7. The van der Waals surface area contributed by atoms with Gasteiger partial charge in [0.15, 0.2) is 0 Å². The van der Waals surface area contributed by atoms with E-state index in [-0.39, 0.29) is 17.6 Å². The van der Waals surface area contributed by atoms with Gasteiger partial charge in [0, 0.05) is 27.2 Å². The lowest BCUT2D eigenvalue weighted by atomic mass is 10.2. The topological polar surface area (TPSA) is 67.4 Å². The highest BCUT2D eigenvalue weighted by molar-refractivity contribution is 8.00. The first-order valence-electron chi connectivity index (χ1n) is 9.29. The van der Waals surface area contributed by atoms with Gasteiger partial charge in [-0.25, -0.2) is 4.39 Å². The second kappa shape index (κ2) is 10.3. The minimum atomic E-state index is -0.403. The Morgan fingerprint density at radius 3 is 2.52 bits per heavy atom. The molecule has 0 saturated heterocycles. The number of benzene rings is 3. The number of nitrogens with one attached hydrogen (secondary N) is 2. The van der Waals surface area contributed by atoms with Gasteiger partial charge < -0.3 is 15.4 Å². The van der Waals surface area contributed by atoms with Gasteiger partial charge in [-0.2, -0.15) is 0 Å². The highest BCUT2D eigenvalue weighted by Gasteiger charge is 2.12. The van der Waals surface area contributed by atoms with Gasteiger partial charge in [0.25, 0.3) is 5.91 Å². The average Bonchev–Trinajstić information content (AvgIpc) is 2.75. The van der Waals surface area contributed by atoms with Crippen LogP contribution in [0.1, 0.15) is 15.9 Å². The number of hydrogen-bond donors (Lipinski definition) is 2. The molecule has 0 aromatic heterocycles. The summed E-state index contributed by atoms with van der Waals surface area (Å²) in [6.07, 6.45) is 0. The standard InChI is InChI=1S/C23H20ClFN2O3S/c1-14-10-20(21(30-2)12-19(14)24)27-22(28)13-31-18-5-3-4-17(11-18)26-23(29)15-6-8-16(25)9-7-15/h3-12H,13H2,1-2H3,(H,26,29)(H,27,28). The number of ether oxygens (including phenoxy) is 1. The summed E-state index contributed by atoms with van der Waals surface area (Å²) in [6.45, 7) is 1.85. The van der Waals surface area contributed by atoms with Crippen LogP contribution in [0, 0.1) is 12.7 Å². The molecular weight excluding hydrogens is 439 g/mol. The zero-order valence-corrected chi connectivity index (χ0v) is 18.4. The van der Waals surface area contributed by atoms with Gasteiger partial charge >= 0.3 is 0 Å². The summed E-state index contributed by atoms with van der Waals surface area (Å²) in [5.74, 6) is -0.296. The second-order valence-electron chi connectivity index (χ2n) is 6.63. The van der Waals surface area contributed by atoms with E-state index in [1.54, 1.807) is 30.3 Å². The molecule has 3 rings (SSSR count). The molecule has 0 unspecified atom stereocenters. The number of carbonyl (C=O) groups is 2. The van der Waals surface area contributed by atoms with Gasteiger partial charge in [0.05, 0.1) is 18.6 Å². The van der Waals surface area contributed by atoms with Crippen molar-refractivity contribution in [3.05, 3.63) is 82.6 Å². The number of carbonyl (C=O) groups excluding carboxylic acids is 2. The Bertz CT molecular complexity index is 1110. The fourth-order valence-corrected chi connectivity index (χ4v) is 3.64. The molecule has 0 heterocycles. The van der Waals surface area contributed by atoms with Gasteiger partial charge in [-0.15, -0.1) is 11.8 Å². The Labute approximate surface area is 188 Å². The largest absolute Gasteiger partial charge is 0.495 e. The van der Waals surface area contributed by atoms with E-state index in [1.807, 2.05) is 13.0 Å². The fourth-order valence-electron chi connectivity index (χ4n) is 2.73. The predicted octanol–water partition coefficient (Wildman–Crippen LogP) is 5.78. The summed E-state index contributed by atoms with van der Waals surface area (Å²) < 4.78 is 18.3. The number of thioether (sulfide) groups is 1. The second-order valence-corrected chi connectivity index (χ2v) is 8.08. The zero-order chi connectivity index (χ0) is 22.4. The highest BCUT2D eigenvalue weighted by Crippen LogP contribution is 2.31. The third-order valence-electron chi connectivity index (χ3n) is 4.32. The van der Waals surface area contributed by atoms with Crippen LogP contribution in [-0.4, -0.2) is 24.7 Å². The lowest BCUT2D eigenvalue weighted by Crippen LogP contribution is -2.15. The van der Waals surface area contributed by atoms with E-state index in [4.69, 9.17) is 16.3 Å². The molecule has 0 radical (unpaired) electrons. The van der Waals surface area contributed by atoms with Crippen LogP contribution in [0.25, 0.3) is 0 Å². The maximum absolute atomic E-state index is 13.0. The van der Waals surface area contributed by atoms with Crippen LogP contribution in [0.4, 0.5) is 15.8 Å². The summed E-state index contributed by atoms with van der Waals surface area (Å²) in [5.41, 5.74) is 2.31. The monoisotopic (exact) mass is 458 g/mol. The van der Waals surface area contributed by atoms with E-state index in [0.29, 0.717) is 27.7 Å². The third-order valence-corrected chi connectivity index (χ3v) is 5.72. The number of aryl methyl sites for hydroxylation is 1. The molecule has 3 aromatic rings. The van der Waals surface area contributed by atoms with Crippen LogP contribution in [0.3, 0.4) is 0 Å². The quantitative estimate of drug-likeness (QED) is 0.440. The van der Waals surface area contributed by atoms with Crippen molar-refractivity contribution in [2.75, 3.05) is 23.5 Å². The van der Waals surface area contributed by atoms with E-state index in [2.05, 4.69) is 10.6 Å². The van der Waals surface area contributed by atoms with Crippen molar-refractivity contribution in [1.82, 2.24) is 0 Å². The van der Waals surface area contributed by atoms with Crippen LogP contribution in [0.5, 0.6) is 5.75 Å². The minimum Gasteiger partial charge on any atom is -0.495 e. The summed E-state index contributed by atoms with van der Waals surface area (Å²) in [4.78, 5) is 25.5. The normalized spacial score (nSPS) is 10.5. The van der Waals surface area contributed by atoms with Gasteiger partial charge in [0.1, 0.15) is 11.6 Å². The van der Waals surface area contributed by atoms with Crippen LogP contribution < -0.4 is 15.4 Å². The van der Waals surface area contributed by atoms with Crippen molar-refractivity contribution in [2.45, 2.75) is 11.8 Å². The van der Waals surface area contributed by atoms with E-state index < -0.39 is 5.82 Å². The van der Waals surface area contributed by atoms with Crippen molar-refractivity contribution in [1.29, 1.82) is 0 Å². The van der Waals surface area contributed by atoms with E-state index in [1.165, 1.54) is 43.1 Å². The first kappa shape index (κ1) is 22.7. The average molecular weight is 459 g/mol. The van der Waals surface area contributed by atoms with Crippen LogP contribution >= 0.6 is 23.4 Å². The van der Waals surface area contributed by atoms with E-state index >= 15 is 0 Å². The number of anilines is 2. The molecule has 0 saturated carbocycles. The Hall–Kier alpha value is -3.03. The van der Waals surface area contributed by atoms with E-state index in [0.717, 1.165) is 10.5 Å². The van der Waals surface area contributed by atoms with Crippen LogP contribution in [0.15, 0.2) is 65.6 Å². The van der Waals surface area contributed by atoms with Crippen molar-refractivity contribution >= 4 is 46.6 Å². The lowest BCUT2D eigenvalue weighted by molar-refractivity contribution is -0.113. The molecule has 0 aliphatic heterocycles. The molecule has 8 heteroatoms. The molecule has 2 amide bonds. The fraction of sp³-hybridized carbons (Fsp3) is 0.130. The Morgan fingerprint density at radius 1 is 1.06 bits per heavy atom. The first-order chi connectivity index (χ1) is 14.9. The molecule has 0 aliphatic rings. The van der Waals surface area contributed by atoms with Crippen LogP contribution in [-0.2, 0) is 4.79 Å². The molecular formula is C23H20ClFN2O3S. The molecule has 0 atom stereocenters. The molecule has 0 aliphatic carbocycles. The maximum atomic E-state index is 13.0. The summed E-state index contributed by atoms with van der Waals surface area (Å²) in [5, 5.41) is 6.16. The molecule has 0 fully saturated rings. The number of halogens is 2. The minimum absolute atomic E-state index is 0.167. The smallest absolute Gasteiger partial charge is 0.255 e. The van der Waals surface area contributed by atoms with Crippen molar-refractivity contribution < 1.29 is 18.7 Å². The summed E-state index contributed by atoms with van der Waals surface area (Å²) in [7, 11) is 1.51. The molecule has 0 bridgehead atoms. The lowest BCUT2D eigenvalue weighted by Gasteiger charge is -2.12. The van der Waals surface area contributed by atoms with Gasteiger partial charge in [-0.1, -0.05) is 17.7 Å². The van der Waals surface area contributed by atoms with Gasteiger partial charge in [0.2, 0.25) is 5.91 Å². The van der Waals surface area contributed by atoms with Crippen molar-refractivity contribution in [3.63, 3.8) is 0 Å².